The summed E-state index contributed by atoms with van der Waals surface area (Å²) in [7, 11) is -1.93. The number of hydrogen-bond donors (Lipinski definition) is 1. The molecule has 0 spiro atoms. The van der Waals surface area contributed by atoms with E-state index < -0.39 is 10.0 Å². The van der Waals surface area contributed by atoms with E-state index in [1.807, 2.05) is 31.2 Å². The molecule has 170 valence electrons. The number of aromatic nitrogens is 4. The predicted molar refractivity (Wildman–Crippen MR) is 122 cm³/mol. The van der Waals surface area contributed by atoms with Crippen molar-refractivity contribution >= 4 is 33.0 Å². The number of nitrogens with zero attached hydrogens (tertiary/aromatic N) is 5. The maximum Gasteiger partial charge on any atom is 0.286 e. The van der Waals surface area contributed by atoms with Gasteiger partial charge in [-0.1, -0.05) is 29.0 Å². The Kier molecular flexibility index (Phi) is 6.15. The third-order valence-corrected chi connectivity index (χ3v) is 8.92. The summed E-state index contributed by atoms with van der Waals surface area (Å²) in [6.45, 7) is 6.21. The topological polar surface area (TPSA) is 110 Å². The van der Waals surface area contributed by atoms with Crippen LogP contribution in [0.1, 0.15) is 50.5 Å². The van der Waals surface area contributed by atoms with Gasteiger partial charge in [-0.2, -0.15) is 9.40 Å². The van der Waals surface area contributed by atoms with Crippen LogP contribution in [0, 0.1) is 20.8 Å². The minimum atomic E-state index is -3.67. The molecule has 32 heavy (non-hydrogen) atoms. The fourth-order valence-electron chi connectivity index (χ4n) is 3.93. The number of amides is 1. The van der Waals surface area contributed by atoms with E-state index in [1.165, 1.54) is 15.6 Å². The van der Waals surface area contributed by atoms with Crippen molar-refractivity contribution < 1.29 is 13.2 Å². The zero-order chi connectivity index (χ0) is 23.0. The van der Waals surface area contributed by atoms with Crippen LogP contribution in [-0.2, 0) is 17.1 Å². The van der Waals surface area contributed by atoms with Crippen molar-refractivity contribution in [3.63, 3.8) is 0 Å². The van der Waals surface area contributed by atoms with Crippen molar-refractivity contribution in [2.75, 3.05) is 18.4 Å². The molecule has 1 atom stereocenters. The summed E-state index contributed by atoms with van der Waals surface area (Å²) in [5.74, 6) is -0.422. The number of nitrogens with one attached hydrogen (secondary N) is 1. The molecular formula is C21H26N6O3S2. The maximum absolute atomic E-state index is 13.3. The summed E-state index contributed by atoms with van der Waals surface area (Å²) >= 11 is 1.22. The van der Waals surface area contributed by atoms with Crippen LogP contribution in [-0.4, -0.2) is 51.7 Å². The van der Waals surface area contributed by atoms with Crippen LogP contribution < -0.4 is 5.32 Å². The molecule has 2 aromatic heterocycles. The third-order valence-electron chi connectivity index (χ3n) is 5.72. The van der Waals surface area contributed by atoms with Crippen LogP contribution >= 0.6 is 11.3 Å². The number of aryl methyl sites for hydroxylation is 3. The van der Waals surface area contributed by atoms with Gasteiger partial charge in [-0.15, -0.1) is 10.2 Å². The Balaban J connectivity index is 1.50. The number of carbonyl (C=O) groups is 1. The monoisotopic (exact) mass is 474 g/mol. The van der Waals surface area contributed by atoms with E-state index >= 15 is 0 Å². The molecule has 1 amide bonds. The number of rotatable bonds is 5. The van der Waals surface area contributed by atoms with Crippen molar-refractivity contribution in [2.45, 2.75) is 44.4 Å². The Morgan fingerprint density at radius 3 is 2.53 bits per heavy atom. The van der Waals surface area contributed by atoms with Crippen LogP contribution in [0.4, 0.5) is 5.69 Å². The molecular weight excluding hydrogens is 448 g/mol. The lowest BCUT2D eigenvalue weighted by atomic mass is 10.0. The summed E-state index contributed by atoms with van der Waals surface area (Å²) < 4.78 is 29.8. The molecule has 0 saturated carbocycles. The molecule has 4 rings (SSSR count). The van der Waals surface area contributed by atoms with Gasteiger partial charge >= 0.3 is 0 Å². The molecule has 3 aromatic rings. The minimum absolute atomic E-state index is 0.103. The summed E-state index contributed by atoms with van der Waals surface area (Å²) in [6, 6.07) is 7.51. The standard InChI is InChI=1S/C21H26N6O3S2/c1-13-7-9-17(10-8-13)22-19(28)21-24-23-20(31-21)16-6-5-11-27(12-16)32(29,30)18-14(2)25-26(4)15(18)3/h7-10,16H,5-6,11-12H2,1-4H3,(H,22,28)/t16-/m0/s1. The molecule has 0 unspecified atom stereocenters. The Bertz CT molecular complexity index is 1250. The Morgan fingerprint density at radius 1 is 1.16 bits per heavy atom. The van der Waals surface area contributed by atoms with E-state index in [4.69, 9.17) is 0 Å². The van der Waals surface area contributed by atoms with Gasteiger partial charge in [0.1, 0.15) is 9.90 Å². The van der Waals surface area contributed by atoms with E-state index in [2.05, 4.69) is 20.6 Å². The summed E-state index contributed by atoms with van der Waals surface area (Å²) in [4.78, 5) is 12.8. The first-order valence-electron chi connectivity index (χ1n) is 10.4. The second-order valence-electron chi connectivity index (χ2n) is 8.09. The highest BCUT2D eigenvalue weighted by atomic mass is 32.2. The van der Waals surface area contributed by atoms with E-state index in [1.54, 1.807) is 25.6 Å². The fourth-order valence-corrected chi connectivity index (χ4v) is 6.72. The maximum atomic E-state index is 13.3. The zero-order valence-electron chi connectivity index (χ0n) is 18.5. The van der Waals surface area contributed by atoms with Gasteiger partial charge in [0.25, 0.3) is 5.91 Å². The predicted octanol–water partition coefficient (Wildman–Crippen LogP) is 3.02. The first-order chi connectivity index (χ1) is 15.2. The molecule has 1 aliphatic rings. The molecule has 1 N–H and O–H groups in total. The van der Waals surface area contributed by atoms with Gasteiger partial charge in [-0.25, -0.2) is 8.42 Å². The van der Waals surface area contributed by atoms with Crippen molar-refractivity contribution in [3.05, 3.63) is 51.2 Å². The van der Waals surface area contributed by atoms with E-state index in [-0.39, 0.29) is 21.7 Å². The van der Waals surface area contributed by atoms with Gasteiger partial charge < -0.3 is 5.32 Å². The molecule has 0 radical (unpaired) electrons. The lowest BCUT2D eigenvalue weighted by molar-refractivity contribution is 0.102. The zero-order valence-corrected chi connectivity index (χ0v) is 20.1. The SMILES string of the molecule is Cc1ccc(NC(=O)c2nnc([C@H]3CCCN(S(=O)(=O)c4c(C)nn(C)c4C)C3)s2)cc1. The molecule has 3 heterocycles. The van der Waals surface area contributed by atoms with Gasteiger partial charge in [0.05, 0.1) is 11.4 Å². The highest BCUT2D eigenvalue weighted by Crippen LogP contribution is 2.33. The summed E-state index contributed by atoms with van der Waals surface area (Å²) in [6.07, 6.45) is 1.51. The lowest BCUT2D eigenvalue weighted by Gasteiger charge is -2.30. The number of piperidine rings is 1. The smallest absolute Gasteiger partial charge is 0.286 e. The first kappa shape index (κ1) is 22.6. The van der Waals surface area contributed by atoms with Crippen LogP contribution in [0.25, 0.3) is 0 Å². The van der Waals surface area contributed by atoms with Crippen LogP contribution in [0.3, 0.4) is 0 Å². The summed E-state index contributed by atoms with van der Waals surface area (Å²) in [5, 5.41) is 16.3. The van der Waals surface area contributed by atoms with Crippen LogP contribution in [0.15, 0.2) is 29.2 Å². The van der Waals surface area contributed by atoms with Crippen molar-refractivity contribution in [1.29, 1.82) is 0 Å². The molecule has 1 aliphatic heterocycles. The second kappa shape index (κ2) is 8.72. The Morgan fingerprint density at radius 2 is 1.88 bits per heavy atom. The molecule has 1 saturated heterocycles. The van der Waals surface area contributed by atoms with Gasteiger partial charge in [-0.05, 0) is 45.7 Å². The van der Waals surface area contributed by atoms with Gasteiger partial charge in [-0.3, -0.25) is 9.48 Å². The Labute approximate surface area is 191 Å². The van der Waals surface area contributed by atoms with Crippen LogP contribution in [0.5, 0.6) is 0 Å². The number of sulfonamides is 1. The first-order valence-corrected chi connectivity index (χ1v) is 12.6. The molecule has 1 fully saturated rings. The number of benzene rings is 1. The Hall–Kier alpha value is -2.63. The lowest BCUT2D eigenvalue weighted by Crippen LogP contribution is -2.39. The van der Waals surface area contributed by atoms with Crippen molar-refractivity contribution in [3.8, 4) is 0 Å². The van der Waals surface area contributed by atoms with Gasteiger partial charge in [0, 0.05) is 31.7 Å². The highest BCUT2D eigenvalue weighted by molar-refractivity contribution is 7.89. The molecule has 0 aliphatic carbocycles. The molecule has 11 heteroatoms. The molecule has 1 aromatic carbocycles. The number of hydrogen-bond acceptors (Lipinski definition) is 7. The molecule has 0 bridgehead atoms. The highest BCUT2D eigenvalue weighted by Gasteiger charge is 2.35. The summed E-state index contributed by atoms with van der Waals surface area (Å²) in [5.41, 5.74) is 2.91. The third kappa shape index (κ3) is 4.32. The van der Waals surface area contributed by atoms with Crippen LogP contribution in [0.2, 0.25) is 0 Å². The fraction of sp³-hybridized carbons (Fsp3) is 0.429. The van der Waals surface area contributed by atoms with E-state index in [0.717, 1.165) is 12.0 Å². The average molecular weight is 475 g/mol. The van der Waals surface area contributed by atoms with E-state index in [9.17, 15) is 13.2 Å². The van der Waals surface area contributed by atoms with Crippen molar-refractivity contribution in [1.82, 2.24) is 24.3 Å². The van der Waals surface area contributed by atoms with E-state index in [0.29, 0.717) is 41.6 Å². The average Bonchev–Trinajstić information content (AvgIpc) is 3.35. The minimum Gasteiger partial charge on any atom is -0.320 e. The van der Waals surface area contributed by atoms with Gasteiger partial charge in [0.15, 0.2) is 0 Å². The molecule has 9 nitrogen and oxygen atoms in total. The number of carbonyl (C=O) groups excluding carboxylic acids is 1. The van der Waals surface area contributed by atoms with Crippen molar-refractivity contribution in [2.24, 2.45) is 7.05 Å². The second-order valence-corrected chi connectivity index (χ2v) is 11.0. The van der Waals surface area contributed by atoms with Gasteiger partial charge in [0.2, 0.25) is 15.0 Å². The number of anilines is 1. The normalized spacial score (nSPS) is 17.4. The quantitative estimate of drug-likeness (QED) is 0.609. The largest absolute Gasteiger partial charge is 0.320 e.